The minimum Gasteiger partial charge on any atom is -0.333 e. The molecule has 2 heterocycles. The van der Waals surface area contributed by atoms with Crippen molar-refractivity contribution in [2.24, 2.45) is 0 Å². The number of nitrogens with one attached hydrogen (secondary N) is 1. The van der Waals surface area contributed by atoms with Gasteiger partial charge in [-0.1, -0.05) is 0 Å². The molecule has 0 radical (unpaired) electrons. The van der Waals surface area contributed by atoms with Crippen molar-refractivity contribution >= 4 is 10.0 Å². The van der Waals surface area contributed by atoms with E-state index in [4.69, 9.17) is 0 Å². The number of imidazole rings is 1. The van der Waals surface area contributed by atoms with Crippen LogP contribution < -0.4 is 5.32 Å². The van der Waals surface area contributed by atoms with Crippen LogP contribution in [0.3, 0.4) is 0 Å². The zero-order valence-corrected chi connectivity index (χ0v) is 11.8. The number of nitrogens with zero attached hydrogens (tertiary/aromatic N) is 3. The molecule has 3 rings (SSSR count). The molecule has 1 fully saturated rings. The van der Waals surface area contributed by atoms with Gasteiger partial charge in [0.1, 0.15) is 5.82 Å². The standard InChI is InChI=1S/C12H20N4O2S/c17-19(18,9-1-4-13-11-2-3-11)16-8-7-15-6-5-14-12(15)10-16/h5-6,11,13H,1-4,7-10H2. The molecule has 1 aliphatic carbocycles. The Hall–Kier alpha value is -0.920. The van der Waals surface area contributed by atoms with Crippen molar-refractivity contribution in [3.05, 3.63) is 18.2 Å². The predicted octanol–water partition coefficient (Wildman–Crippen LogP) is 0.171. The normalized spacial score (nSPS) is 20.4. The second kappa shape index (κ2) is 5.22. The van der Waals surface area contributed by atoms with Gasteiger partial charge in [0.05, 0.1) is 12.3 Å². The summed E-state index contributed by atoms with van der Waals surface area (Å²) in [6, 6.07) is 0.644. The maximum atomic E-state index is 12.2. The second-order valence-electron chi connectivity index (χ2n) is 5.27. The Morgan fingerprint density at radius 3 is 3.00 bits per heavy atom. The Bertz CT molecular complexity index is 536. The van der Waals surface area contributed by atoms with Crippen LogP contribution in [0.1, 0.15) is 25.1 Å². The first-order valence-electron chi connectivity index (χ1n) is 6.86. The maximum Gasteiger partial charge on any atom is 0.214 e. The van der Waals surface area contributed by atoms with Gasteiger partial charge in [0, 0.05) is 31.5 Å². The van der Waals surface area contributed by atoms with Crippen LogP contribution in [0.15, 0.2) is 12.4 Å². The van der Waals surface area contributed by atoms with Gasteiger partial charge < -0.3 is 9.88 Å². The Labute approximate surface area is 113 Å². The third-order valence-corrected chi connectivity index (χ3v) is 5.60. The van der Waals surface area contributed by atoms with Crippen LogP contribution in [0, 0.1) is 0 Å². The molecule has 0 atom stereocenters. The van der Waals surface area contributed by atoms with Gasteiger partial charge in [0.2, 0.25) is 10.0 Å². The van der Waals surface area contributed by atoms with Crippen molar-refractivity contribution in [2.45, 2.75) is 38.4 Å². The van der Waals surface area contributed by atoms with E-state index < -0.39 is 10.0 Å². The molecule has 1 aromatic rings. The van der Waals surface area contributed by atoms with Gasteiger partial charge in [-0.05, 0) is 25.8 Å². The van der Waals surface area contributed by atoms with E-state index in [0.29, 0.717) is 32.1 Å². The average Bonchev–Trinajstić information content (AvgIpc) is 3.09. The second-order valence-corrected chi connectivity index (χ2v) is 7.36. The van der Waals surface area contributed by atoms with Crippen LogP contribution >= 0.6 is 0 Å². The monoisotopic (exact) mass is 284 g/mol. The highest BCUT2D eigenvalue weighted by molar-refractivity contribution is 7.89. The van der Waals surface area contributed by atoms with Crippen molar-refractivity contribution in [3.63, 3.8) is 0 Å². The molecule has 0 spiro atoms. The largest absolute Gasteiger partial charge is 0.333 e. The number of fused-ring (bicyclic) bond motifs is 1. The van der Waals surface area contributed by atoms with Gasteiger partial charge in [-0.15, -0.1) is 0 Å². The number of sulfonamides is 1. The molecule has 0 aromatic carbocycles. The summed E-state index contributed by atoms with van der Waals surface area (Å²) in [5, 5.41) is 3.34. The summed E-state index contributed by atoms with van der Waals surface area (Å²) in [5.74, 6) is 1.07. The van der Waals surface area contributed by atoms with Gasteiger partial charge in [-0.3, -0.25) is 0 Å². The van der Waals surface area contributed by atoms with Crippen molar-refractivity contribution in [1.29, 1.82) is 0 Å². The Balaban J connectivity index is 1.52. The number of aromatic nitrogens is 2. The number of rotatable bonds is 6. The average molecular weight is 284 g/mol. The van der Waals surface area contributed by atoms with E-state index in [-0.39, 0.29) is 5.75 Å². The number of hydrogen-bond acceptors (Lipinski definition) is 4. The van der Waals surface area contributed by atoms with Gasteiger partial charge in [0.25, 0.3) is 0 Å². The summed E-state index contributed by atoms with van der Waals surface area (Å²) in [7, 11) is -3.14. The Morgan fingerprint density at radius 1 is 1.37 bits per heavy atom. The third kappa shape index (κ3) is 3.16. The summed E-state index contributed by atoms with van der Waals surface area (Å²) in [6.07, 6.45) is 6.79. The van der Waals surface area contributed by atoms with E-state index >= 15 is 0 Å². The lowest BCUT2D eigenvalue weighted by molar-refractivity contribution is 0.335. The summed E-state index contributed by atoms with van der Waals surface area (Å²) >= 11 is 0. The molecule has 106 valence electrons. The van der Waals surface area contributed by atoms with Gasteiger partial charge in [0.15, 0.2) is 0 Å². The molecule has 0 bridgehead atoms. The first-order valence-corrected chi connectivity index (χ1v) is 8.47. The maximum absolute atomic E-state index is 12.2. The fraction of sp³-hybridized carbons (Fsp3) is 0.750. The fourth-order valence-corrected chi connectivity index (χ4v) is 3.81. The molecule has 0 amide bonds. The van der Waals surface area contributed by atoms with Crippen LogP contribution in [0.4, 0.5) is 0 Å². The van der Waals surface area contributed by atoms with Gasteiger partial charge in [-0.25, -0.2) is 13.4 Å². The zero-order chi connectivity index (χ0) is 13.3. The highest BCUT2D eigenvalue weighted by Crippen LogP contribution is 2.18. The topological polar surface area (TPSA) is 67.2 Å². The summed E-state index contributed by atoms with van der Waals surface area (Å²) in [5.41, 5.74) is 0. The third-order valence-electron chi connectivity index (χ3n) is 3.69. The highest BCUT2D eigenvalue weighted by Gasteiger charge is 2.27. The van der Waals surface area contributed by atoms with Crippen LogP contribution in [0.5, 0.6) is 0 Å². The Morgan fingerprint density at radius 2 is 2.21 bits per heavy atom. The Kier molecular flexibility index (Phi) is 3.60. The summed E-state index contributed by atoms with van der Waals surface area (Å²) in [4.78, 5) is 4.19. The summed E-state index contributed by atoms with van der Waals surface area (Å²) in [6.45, 7) is 2.47. The SMILES string of the molecule is O=S(=O)(CCCNC1CC1)N1CCn2ccnc2C1. The van der Waals surface area contributed by atoms with E-state index in [9.17, 15) is 8.42 Å². The lowest BCUT2D eigenvalue weighted by Gasteiger charge is -2.26. The van der Waals surface area contributed by atoms with E-state index in [1.807, 2.05) is 10.8 Å². The summed E-state index contributed by atoms with van der Waals surface area (Å²) < 4.78 is 28.1. The molecule has 0 saturated heterocycles. The van der Waals surface area contributed by atoms with Crippen LogP contribution in [-0.4, -0.2) is 47.2 Å². The first-order chi connectivity index (χ1) is 9.15. The van der Waals surface area contributed by atoms with Gasteiger partial charge in [-0.2, -0.15) is 4.31 Å². The molecule has 7 heteroatoms. The van der Waals surface area contributed by atoms with Crippen molar-refractivity contribution in [2.75, 3.05) is 18.8 Å². The highest BCUT2D eigenvalue weighted by atomic mass is 32.2. The van der Waals surface area contributed by atoms with E-state index in [0.717, 1.165) is 12.4 Å². The van der Waals surface area contributed by atoms with Crippen molar-refractivity contribution < 1.29 is 8.42 Å². The molecule has 19 heavy (non-hydrogen) atoms. The predicted molar refractivity (Wildman–Crippen MR) is 72.1 cm³/mol. The van der Waals surface area contributed by atoms with E-state index in [2.05, 4.69) is 10.3 Å². The quantitative estimate of drug-likeness (QED) is 0.756. The lowest BCUT2D eigenvalue weighted by Crippen LogP contribution is -2.40. The lowest BCUT2D eigenvalue weighted by atomic mass is 10.4. The molecule has 2 aliphatic rings. The van der Waals surface area contributed by atoms with E-state index in [1.165, 1.54) is 12.8 Å². The molecule has 1 N–H and O–H groups in total. The minimum absolute atomic E-state index is 0.230. The molecular weight excluding hydrogens is 264 g/mol. The van der Waals surface area contributed by atoms with Crippen molar-refractivity contribution in [1.82, 2.24) is 19.2 Å². The molecule has 6 nitrogen and oxygen atoms in total. The molecule has 1 aromatic heterocycles. The van der Waals surface area contributed by atoms with Crippen molar-refractivity contribution in [3.8, 4) is 0 Å². The smallest absolute Gasteiger partial charge is 0.214 e. The fourth-order valence-electron chi connectivity index (χ4n) is 2.37. The zero-order valence-electron chi connectivity index (χ0n) is 11.0. The molecule has 1 saturated carbocycles. The van der Waals surface area contributed by atoms with Crippen LogP contribution in [0.25, 0.3) is 0 Å². The molecule has 0 unspecified atom stereocenters. The van der Waals surface area contributed by atoms with Crippen LogP contribution in [0.2, 0.25) is 0 Å². The van der Waals surface area contributed by atoms with Crippen LogP contribution in [-0.2, 0) is 23.1 Å². The van der Waals surface area contributed by atoms with Gasteiger partial charge >= 0.3 is 0 Å². The molecule has 1 aliphatic heterocycles. The van der Waals surface area contributed by atoms with E-state index in [1.54, 1.807) is 10.5 Å². The number of hydrogen-bond donors (Lipinski definition) is 1. The minimum atomic E-state index is -3.14. The first kappa shape index (κ1) is 13.1. The molecular formula is C12H20N4O2S.